The molecule has 0 aromatic carbocycles. The largest absolute Gasteiger partial charge is 0.378 e. The Bertz CT molecular complexity index is 212. The molecule has 0 amide bonds. The van der Waals surface area contributed by atoms with Crippen LogP contribution in [0, 0.1) is 0 Å². The van der Waals surface area contributed by atoms with Crippen LogP contribution in [0.15, 0.2) is 37.5 Å². The second-order valence-electron chi connectivity index (χ2n) is 4.04. The van der Waals surface area contributed by atoms with Crippen molar-refractivity contribution in [1.82, 2.24) is 0 Å². The average molecular weight is 306 g/mol. The van der Waals surface area contributed by atoms with E-state index in [-0.39, 0.29) is 0 Å². The molecule has 128 valence electrons. The van der Waals surface area contributed by atoms with Crippen molar-refractivity contribution >= 4 is 0 Å². The molecule has 1 nitrogen and oxygen atoms in total. The van der Waals surface area contributed by atoms with Gasteiger partial charge in [-0.05, 0) is 32.6 Å². The smallest absolute Gasteiger partial charge is 0.268 e. The van der Waals surface area contributed by atoms with Crippen molar-refractivity contribution in [1.29, 1.82) is 0 Å². The molecular weight excluding hydrogens is 270 g/mol. The third kappa shape index (κ3) is 38.1. The van der Waals surface area contributed by atoms with E-state index in [1.165, 1.54) is 32.8 Å². The molecule has 0 aromatic rings. The summed E-state index contributed by atoms with van der Waals surface area (Å²) in [5.74, 6) is -2.67. The quantitative estimate of drug-likeness (QED) is 0.520. The molecule has 0 aromatic heterocycles. The summed E-state index contributed by atoms with van der Waals surface area (Å²) in [6.45, 7) is 17.8. The number of hydrogen-bond acceptors (Lipinski definition) is 1. The lowest BCUT2D eigenvalue weighted by molar-refractivity contribution is -0.0479. The summed E-state index contributed by atoms with van der Waals surface area (Å²) in [5, 5.41) is 0. The highest BCUT2D eigenvalue weighted by atomic mass is 19.3. The number of ether oxygens (including phenoxy) is 1. The van der Waals surface area contributed by atoms with E-state index in [9.17, 15) is 8.78 Å². The van der Waals surface area contributed by atoms with Gasteiger partial charge in [-0.25, -0.2) is 8.78 Å². The summed E-state index contributed by atoms with van der Waals surface area (Å²) in [6.07, 6.45) is 9.53. The molecule has 3 heteroatoms. The third-order valence-corrected chi connectivity index (χ3v) is 1.89. The zero-order chi connectivity index (χ0) is 17.7. The molecule has 0 heterocycles. The SMILES string of the molecule is C=C.C=CC.CC.CCC=C1CCC1.COCC(C)(F)F. The van der Waals surface area contributed by atoms with E-state index >= 15 is 0 Å². The van der Waals surface area contributed by atoms with Gasteiger partial charge in [0, 0.05) is 14.0 Å². The molecule has 0 saturated heterocycles. The Hall–Kier alpha value is -0.960. The minimum absolute atomic E-state index is 0.493. The van der Waals surface area contributed by atoms with Crippen molar-refractivity contribution in [3.63, 3.8) is 0 Å². The highest BCUT2D eigenvalue weighted by molar-refractivity contribution is 5.08. The van der Waals surface area contributed by atoms with Crippen LogP contribution in [0.4, 0.5) is 8.78 Å². The zero-order valence-electron chi connectivity index (χ0n) is 15.0. The van der Waals surface area contributed by atoms with Crippen molar-refractivity contribution < 1.29 is 13.5 Å². The van der Waals surface area contributed by atoms with Gasteiger partial charge in [0.1, 0.15) is 6.61 Å². The number of halogens is 2. The Kier molecular flexibility index (Phi) is 32.4. The molecule has 1 aliphatic carbocycles. The molecule has 1 aliphatic rings. The minimum Gasteiger partial charge on any atom is -0.378 e. The summed E-state index contributed by atoms with van der Waals surface area (Å²) < 4.78 is 27.4. The van der Waals surface area contributed by atoms with Crippen molar-refractivity contribution in [2.24, 2.45) is 0 Å². The number of rotatable bonds is 3. The Morgan fingerprint density at radius 3 is 1.67 bits per heavy atom. The maximum atomic E-state index is 11.6. The molecule has 0 atom stereocenters. The first kappa shape index (κ1) is 28.2. The molecule has 1 saturated carbocycles. The first-order valence-electron chi connectivity index (χ1n) is 7.53. The van der Waals surface area contributed by atoms with Crippen LogP contribution >= 0.6 is 0 Å². The van der Waals surface area contributed by atoms with E-state index in [1.807, 2.05) is 20.8 Å². The van der Waals surface area contributed by atoms with Gasteiger partial charge in [0.2, 0.25) is 0 Å². The molecule has 0 aliphatic heterocycles. The lowest BCUT2D eigenvalue weighted by Crippen LogP contribution is -2.16. The molecule has 0 radical (unpaired) electrons. The Labute approximate surface area is 131 Å². The molecule has 0 unspecified atom stereocenters. The van der Waals surface area contributed by atoms with Crippen molar-refractivity contribution in [2.45, 2.75) is 66.2 Å². The van der Waals surface area contributed by atoms with E-state index in [1.54, 1.807) is 11.6 Å². The van der Waals surface area contributed by atoms with Gasteiger partial charge in [-0.1, -0.05) is 38.5 Å². The maximum Gasteiger partial charge on any atom is 0.268 e. The van der Waals surface area contributed by atoms with Crippen LogP contribution in [0.3, 0.4) is 0 Å². The van der Waals surface area contributed by atoms with Crippen molar-refractivity contribution in [2.75, 3.05) is 13.7 Å². The summed E-state index contributed by atoms with van der Waals surface area (Å²) in [4.78, 5) is 0. The first-order chi connectivity index (χ1) is 9.91. The molecular formula is C18H36F2O. The van der Waals surface area contributed by atoms with E-state index in [0.29, 0.717) is 0 Å². The number of alkyl halides is 2. The Morgan fingerprint density at radius 1 is 1.24 bits per heavy atom. The van der Waals surface area contributed by atoms with E-state index in [0.717, 1.165) is 6.92 Å². The molecule has 0 N–H and O–H groups in total. The minimum atomic E-state index is -2.67. The highest BCUT2D eigenvalue weighted by Gasteiger charge is 2.19. The monoisotopic (exact) mass is 306 g/mol. The Balaban J connectivity index is -0.0000000973. The first-order valence-corrected chi connectivity index (χ1v) is 7.53. The molecule has 0 spiro atoms. The fourth-order valence-electron chi connectivity index (χ4n) is 1.13. The Morgan fingerprint density at radius 2 is 1.62 bits per heavy atom. The van der Waals surface area contributed by atoms with Gasteiger partial charge in [0.15, 0.2) is 0 Å². The van der Waals surface area contributed by atoms with Gasteiger partial charge in [-0.2, -0.15) is 0 Å². The van der Waals surface area contributed by atoms with Crippen molar-refractivity contribution in [3.8, 4) is 0 Å². The van der Waals surface area contributed by atoms with Gasteiger partial charge in [-0.3, -0.25) is 0 Å². The lowest BCUT2D eigenvalue weighted by Gasteiger charge is -2.14. The van der Waals surface area contributed by atoms with Gasteiger partial charge < -0.3 is 4.74 Å². The maximum absolute atomic E-state index is 11.6. The number of methoxy groups -OCH3 is 1. The van der Waals surface area contributed by atoms with Crippen LogP contribution in [0.25, 0.3) is 0 Å². The van der Waals surface area contributed by atoms with Crippen LogP contribution in [0.2, 0.25) is 0 Å². The van der Waals surface area contributed by atoms with Crippen LogP contribution in [0.1, 0.15) is 60.3 Å². The van der Waals surface area contributed by atoms with Crippen LogP contribution in [-0.2, 0) is 4.74 Å². The molecule has 1 fully saturated rings. The second-order valence-corrected chi connectivity index (χ2v) is 4.04. The summed E-state index contributed by atoms with van der Waals surface area (Å²) in [6, 6.07) is 0. The average Bonchev–Trinajstić information content (AvgIpc) is 2.39. The zero-order valence-corrected chi connectivity index (χ0v) is 15.0. The highest BCUT2D eigenvalue weighted by Crippen LogP contribution is 2.24. The normalized spacial score (nSPS) is 11.3. The van der Waals surface area contributed by atoms with Gasteiger partial charge in [0.05, 0.1) is 0 Å². The predicted molar refractivity (Wildman–Crippen MR) is 93.2 cm³/mol. The van der Waals surface area contributed by atoms with Crippen LogP contribution < -0.4 is 0 Å². The van der Waals surface area contributed by atoms with Crippen LogP contribution in [-0.4, -0.2) is 19.6 Å². The van der Waals surface area contributed by atoms with E-state index in [4.69, 9.17) is 0 Å². The fraction of sp³-hybridized carbons (Fsp3) is 0.667. The van der Waals surface area contributed by atoms with Crippen LogP contribution in [0.5, 0.6) is 0 Å². The van der Waals surface area contributed by atoms with Gasteiger partial charge in [-0.15, -0.1) is 19.7 Å². The lowest BCUT2D eigenvalue weighted by atomic mass is 9.92. The van der Waals surface area contributed by atoms with Gasteiger partial charge >= 0.3 is 0 Å². The molecule has 1 rings (SSSR count). The third-order valence-electron chi connectivity index (χ3n) is 1.89. The summed E-state index contributed by atoms with van der Waals surface area (Å²) in [7, 11) is 1.25. The number of hydrogen-bond donors (Lipinski definition) is 0. The standard InChI is InChI=1S/C7H12.C4H8F2O.C3H6.C2H6.C2H4/c1-2-4-7-5-3-6-7;1-4(5,6)3-7-2;1-3-2;2*1-2/h4H,2-3,5-6H2,1H3;3H2,1-2H3;3H,1H2,2H3;1-2H3;1-2H2. The topological polar surface area (TPSA) is 9.23 Å². The van der Waals surface area contributed by atoms with Crippen molar-refractivity contribution in [3.05, 3.63) is 37.5 Å². The summed E-state index contributed by atoms with van der Waals surface area (Å²) >= 11 is 0. The van der Waals surface area contributed by atoms with E-state index < -0.39 is 12.5 Å². The van der Waals surface area contributed by atoms with Gasteiger partial charge in [0.25, 0.3) is 5.92 Å². The number of allylic oxidation sites excluding steroid dienone is 3. The molecule has 21 heavy (non-hydrogen) atoms. The fourth-order valence-corrected chi connectivity index (χ4v) is 1.13. The molecule has 0 bridgehead atoms. The predicted octanol–water partition coefficient (Wildman–Crippen LogP) is 6.82. The second kappa shape index (κ2) is 24.1. The van der Waals surface area contributed by atoms with E-state index in [2.05, 4.69) is 37.5 Å². The summed E-state index contributed by atoms with van der Waals surface area (Å²) in [5.41, 5.74) is 1.68.